The maximum Gasteiger partial charge on any atom is 0.272 e. The van der Waals surface area contributed by atoms with Gasteiger partial charge in [0, 0.05) is 107 Å². The third-order valence-corrected chi connectivity index (χ3v) is 17.0. The molecule has 1 saturated carbocycles. The van der Waals surface area contributed by atoms with Crippen molar-refractivity contribution in [1.29, 1.82) is 5.41 Å². The molecule has 3 aromatic carbocycles. The fourth-order valence-corrected chi connectivity index (χ4v) is 12.5. The van der Waals surface area contributed by atoms with Crippen molar-refractivity contribution in [3.8, 4) is 34.2 Å². The highest BCUT2D eigenvalue weighted by Crippen LogP contribution is 2.35. The number of nitrogens with two attached hydrogens (primary N) is 1. The molecule has 3 unspecified atom stereocenters. The third kappa shape index (κ3) is 19.0. The maximum atomic E-state index is 13.6. The van der Waals surface area contributed by atoms with Gasteiger partial charge in [-0.2, -0.15) is 0 Å². The fraction of sp³-hybridized carbons (Fsp3) is 0.548. The molecule has 20 heteroatoms. The molecule has 6 heterocycles. The number of nitrogens with one attached hydrogen (secondary N) is 5. The van der Waals surface area contributed by atoms with E-state index in [0.717, 1.165) is 116 Å². The smallest absolute Gasteiger partial charge is 0.272 e. The van der Waals surface area contributed by atoms with Gasteiger partial charge >= 0.3 is 0 Å². The van der Waals surface area contributed by atoms with Gasteiger partial charge in [0.2, 0.25) is 5.91 Å². The van der Waals surface area contributed by atoms with Crippen LogP contribution in [0.25, 0.3) is 34.2 Å². The van der Waals surface area contributed by atoms with Gasteiger partial charge in [-0.3, -0.25) is 34.4 Å². The number of hydrogen-bond acceptors (Lipinski definition) is 12. The minimum Gasteiger partial charge on any atom is -0.347 e. The Bertz CT molecular complexity index is 3470. The standard InChI is InChI=1S/C25H36N6O.C24H34N4O.C21H29N5O2.C2H6.CH5N/c1-7-13-30-14-15-31-20(16-30)21(28-23(31)19-11-9-8-10-12-19)24(32)29-22(25(4,5)6)17(2)27-18(3)26;1-16(2)21(24(3,4)5)26-23(29)20-19-15-27(18-11-12-18)13-14-28(19)22(25-20)17-9-7-6-8-10-17;1-21(2,3)17(20(28)25(4)5)24-19(27)16-15-13-22-11-12-26(15)18(23-16)14-9-7-6-8-10-14;2*1-2/h8-12,22,26H,7,13-16H2,1-6H3,(H,29,32);6-10,16,18,21H,11-15H2,1-5H3,(H,26,29);6-10,17,22H,11-13H2,1-5H3,(H,24,27);1-2H3;2H2,1H3. The van der Waals surface area contributed by atoms with Gasteiger partial charge in [-0.05, 0) is 68.9 Å². The number of aliphatic imine (C=N–C) groups is 1. The minimum absolute atomic E-state index is 0.00800. The van der Waals surface area contributed by atoms with Gasteiger partial charge in [0.15, 0.2) is 17.1 Å². The van der Waals surface area contributed by atoms with Crippen molar-refractivity contribution in [1.82, 2.24) is 64.6 Å². The number of hydrogen-bond donors (Lipinski definition) is 6. The summed E-state index contributed by atoms with van der Waals surface area (Å²) >= 11 is 0. The van der Waals surface area contributed by atoms with E-state index in [4.69, 9.17) is 15.4 Å². The second-order valence-corrected chi connectivity index (χ2v) is 28.1. The normalized spacial score (nSPS) is 15.9. The number of likely N-dealkylation sites (N-methyl/N-ethyl adjacent to an activating group) is 1. The van der Waals surface area contributed by atoms with Gasteiger partial charge < -0.3 is 45.6 Å². The highest BCUT2D eigenvalue weighted by atomic mass is 16.2. The summed E-state index contributed by atoms with van der Waals surface area (Å²) in [6, 6.07) is 30.0. The molecule has 10 rings (SSSR count). The first kappa shape index (κ1) is 74.4. The molecule has 20 nitrogen and oxygen atoms in total. The Morgan fingerprint density at radius 2 is 1.03 bits per heavy atom. The number of imidazole rings is 3. The number of rotatable bonds is 15. The Morgan fingerprint density at radius 1 is 0.613 bits per heavy atom. The molecular formula is C73H110N16O4. The first-order valence-corrected chi connectivity index (χ1v) is 33.5. The summed E-state index contributed by atoms with van der Waals surface area (Å²) in [6.45, 7) is 41.0. The molecule has 1 aliphatic carbocycles. The van der Waals surface area contributed by atoms with E-state index in [-0.39, 0.29) is 52.4 Å². The lowest BCUT2D eigenvalue weighted by atomic mass is 9.80. The van der Waals surface area contributed by atoms with Gasteiger partial charge in [-0.25, -0.2) is 19.9 Å². The number of nitrogens with zero attached hydrogens (tertiary/aromatic N) is 10. The Hall–Kier alpha value is -7.65. The Kier molecular flexibility index (Phi) is 26.4. The van der Waals surface area contributed by atoms with Gasteiger partial charge in [-0.1, -0.05) is 188 Å². The fourth-order valence-electron chi connectivity index (χ4n) is 12.5. The van der Waals surface area contributed by atoms with E-state index in [2.05, 4.69) is 135 Å². The summed E-state index contributed by atoms with van der Waals surface area (Å²) < 4.78 is 6.57. The summed E-state index contributed by atoms with van der Waals surface area (Å²) in [5.41, 5.74) is 12.0. The highest BCUT2D eigenvalue weighted by molar-refractivity contribution is 6.03. The van der Waals surface area contributed by atoms with E-state index in [9.17, 15) is 19.2 Å². The third-order valence-electron chi connectivity index (χ3n) is 17.0. The van der Waals surface area contributed by atoms with E-state index in [1.54, 1.807) is 21.0 Å². The van der Waals surface area contributed by atoms with Crippen molar-refractivity contribution in [3.05, 3.63) is 125 Å². The molecule has 4 aliphatic rings. The van der Waals surface area contributed by atoms with Crippen LogP contribution in [-0.4, -0.2) is 150 Å². The zero-order valence-electron chi connectivity index (χ0n) is 59.4. The monoisotopic (exact) mass is 1270 g/mol. The number of amidine groups is 1. The van der Waals surface area contributed by atoms with Crippen LogP contribution in [-0.2, 0) is 44.1 Å². The molecule has 4 amide bonds. The van der Waals surface area contributed by atoms with Crippen LogP contribution < -0.4 is 27.0 Å². The van der Waals surface area contributed by atoms with Crippen molar-refractivity contribution in [2.45, 2.75) is 193 Å². The average Bonchev–Trinajstić information content (AvgIpc) is 1.64. The lowest BCUT2D eigenvalue weighted by Gasteiger charge is -2.34. The summed E-state index contributed by atoms with van der Waals surface area (Å²) in [4.78, 5) is 77.9. The molecule has 6 aromatic rings. The van der Waals surface area contributed by atoms with Gasteiger partial charge in [0.25, 0.3) is 17.7 Å². The number of carbonyl (C=O) groups excluding carboxylic acids is 4. The van der Waals surface area contributed by atoms with Crippen molar-refractivity contribution >= 4 is 35.2 Å². The highest BCUT2D eigenvalue weighted by Gasteiger charge is 2.39. The largest absolute Gasteiger partial charge is 0.347 e. The molecule has 7 N–H and O–H groups in total. The maximum absolute atomic E-state index is 13.6. The predicted molar refractivity (Wildman–Crippen MR) is 377 cm³/mol. The van der Waals surface area contributed by atoms with Crippen LogP contribution in [0.15, 0.2) is 96.0 Å². The summed E-state index contributed by atoms with van der Waals surface area (Å²) in [5, 5.41) is 20.5. The first-order chi connectivity index (χ1) is 44.1. The topological polar surface area (TPSA) is 242 Å². The zero-order valence-corrected chi connectivity index (χ0v) is 59.4. The summed E-state index contributed by atoms with van der Waals surface area (Å²) in [6.07, 6.45) is 3.63. The summed E-state index contributed by atoms with van der Waals surface area (Å²) in [5.74, 6) is 2.45. The first-order valence-electron chi connectivity index (χ1n) is 33.5. The lowest BCUT2D eigenvalue weighted by Crippen LogP contribution is -2.53. The van der Waals surface area contributed by atoms with Crippen molar-refractivity contribution in [2.24, 2.45) is 32.9 Å². The van der Waals surface area contributed by atoms with E-state index < -0.39 is 11.5 Å². The van der Waals surface area contributed by atoms with E-state index in [1.807, 2.05) is 120 Å². The second-order valence-electron chi connectivity index (χ2n) is 28.1. The zero-order chi connectivity index (χ0) is 68.7. The van der Waals surface area contributed by atoms with Crippen molar-refractivity contribution < 1.29 is 19.2 Å². The minimum atomic E-state index is -0.635. The molecule has 3 aliphatic heterocycles. The van der Waals surface area contributed by atoms with Gasteiger partial charge in [-0.15, -0.1) is 0 Å². The van der Waals surface area contributed by atoms with Crippen molar-refractivity contribution in [2.75, 3.05) is 47.3 Å². The number of benzene rings is 3. The van der Waals surface area contributed by atoms with Crippen LogP contribution in [0.3, 0.4) is 0 Å². The molecule has 1 fully saturated rings. The molecule has 0 bridgehead atoms. The molecule has 0 radical (unpaired) electrons. The predicted octanol–water partition coefficient (Wildman–Crippen LogP) is 11.2. The quantitative estimate of drug-likeness (QED) is 0.0417. The molecule has 0 spiro atoms. The molecule has 93 heavy (non-hydrogen) atoms. The van der Waals surface area contributed by atoms with Crippen LogP contribution in [0.4, 0.5) is 0 Å². The van der Waals surface area contributed by atoms with Crippen molar-refractivity contribution in [3.63, 3.8) is 0 Å². The van der Waals surface area contributed by atoms with Gasteiger partial charge in [0.1, 0.15) is 29.4 Å². The lowest BCUT2D eigenvalue weighted by molar-refractivity contribution is -0.133. The Labute approximate surface area is 554 Å². The Balaban J connectivity index is 0.000000216. The summed E-state index contributed by atoms with van der Waals surface area (Å²) in [7, 11) is 4.90. The van der Waals surface area contributed by atoms with E-state index >= 15 is 0 Å². The number of amides is 4. The SMILES string of the molecule is CC.CC(C)C(NC(=O)c1nc(-c2ccccc2)n2c1CN(C1CC1)CC2)C(C)(C)C.CCCN1CCn2c(-c3ccccc3)nc(C(=O)NC(C(C)=NC(C)=N)C(C)(C)C)c2C1.CN.CN(C)C(=O)C(NC(=O)c1nc(-c2ccccc2)n2c1CNCC2)C(C)(C)C. The van der Waals surface area contributed by atoms with E-state index in [0.29, 0.717) is 42.1 Å². The van der Waals surface area contributed by atoms with Crippen LogP contribution in [0, 0.1) is 27.6 Å². The Morgan fingerprint density at radius 3 is 1.44 bits per heavy atom. The van der Waals surface area contributed by atoms with E-state index in [1.165, 1.54) is 24.8 Å². The number of aromatic nitrogens is 6. The number of carbonyl (C=O) groups is 4. The van der Waals surface area contributed by atoms with Gasteiger partial charge in [0.05, 0.1) is 23.1 Å². The average molecular weight is 1280 g/mol. The van der Waals surface area contributed by atoms with Crippen LogP contribution >= 0.6 is 0 Å². The van der Waals surface area contributed by atoms with Crippen LogP contribution in [0.5, 0.6) is 0 Å². The molecule has 0 saturated heterocycles. The second kappa shape index (κ2) is 33.0. The van der Waals surface area contributed by atoms with Crippen LogP contribution in [0.2, 0.25) is 0 Å². The molecule has 3 atom stereocenters. The molecular weight excluding hydrogens is 1160 g/mol. The number of fused-ring (bicyclic) bond motifs is 3. The van der Waals surface area contributed by atoms with Crippen LogP contribution in [0.1, 0.15) is 179 Å². The molecule has 3 aromatic heterocycles. The molecule has 506 valence electrons.